The van der Waals surface area contributed by atoms with Crippen molar-refractivity contribution in [1.82, 2.24) is 14.2 Å². The van der Waals surface area contributed by atoms with Crippen LogP contribution >= 0.6 is 15.9 Å². The Hall–Kier alpha value is -1.10. The predicted octanol–water partition coefficient (Wildman–Crippen LogP) is 1.28. The molecule has 2 aromatic heterocycles. The van der Waals surface area contributed by atoms with Crippen molar-refractivity contribution in [2.75, 3.05) is 0 Å². The van der Waals surface area contributed by atoms with E-state index >= 15 is 0 Å². The number of hydrogen-bond donors (Lipinski definition) is 0. The summed E-state index contributed by atoms with van der Waals surface area (Å²) in [4.78, 5) is 11.5. The van der Waals surface area contributed by atoms with Gasteiger partial charge >= 0.3 is 5.69 Å². The number of aryl methyl sites for hydroxylation is 1. The molecule has 0 saturated heterocycles. The summed E-state index contributed by atoms with van der Waals surface area (Å²) in [5.74, 6) is 0. The fourth-order valence-corrected chi connectivity index (χ4v) is 1.52. The molecule has 0 unspecified atom stereocenters. The molecule has 0 amide bonds. The summed E-state index contributed by atoms with van der Waals surface area (Å²) >= 11 is 3.32. The Morgan fingerprint density at radius 3 is 3.08 bits per heavy atom. The smallest absolute Gasteiger partial charge is 0.250 e. The second-order valence-electron chi connectivity index (χ2n) is 2.67. The highest BCUT2D eigenvalue weighted by Crippen LogP contribution is 2.09. The van der Waals surface area contributed by atoms with Gasteiger partial charge in [-0.25, -0.2) is 9.48 Å². The molecule has 68 valence electrons. The lowest BCUT2D eigenvalue weighted by molar-refractivity contribution is 0.633. The lowest BCUT2D eigenvalue weighted by atomic mass is 10.5. The summed E-state index contributed by atoms with van der Waals surface area (Å²) in [5.41, 5.74) is 0.575. The molecule has 0 atom stereocenters. The van der Waals surface area contributed by atoms with Gasteiger partial charge in [-0.1, -0.05) is 15.9 Å². The van der Waals surface area contributed by atoms with E-state index in [9.17, 15) is 4.79 Å². The second-order valence-corrected chi connectivity index (χ2v) is 3.59. The van der Waals surface area contributed by atoms with Gasteiger partial charge in [0.05, 0.1) is 0 Å². The van der Waals surface area contributed by atoms with Crippen molar-refractivity contribution in [1.29, 1.82) is 0 Å². The predicted molar refractivity (Wildman–Crippen MR) is 52.8 cm³/mol. The Bertz CT molecular complexity index is 500. The molecule has 0 spiro atoms. The average Bonchev–Trinajstić information content (AvgIpc) is 2.42. The van der Waals surface area contributed by atoms with Gasteiger partial charge in [-0.05, 0) is 19.1 Å². The number of halogens is 1. The van der Waals surface area contributed by atoms with Crippen molar-refractivity contribution in [3.05, 3.63) is 33.3 Å². The number of fused-ring (bicyclic) bond motifs is 1. The number of pyridine rings is 1. The maximum Gasteiger partial charge on any atom is 0.350 e. The minimum Gasteiger partial charge on any atom is -0.250 e. The van der Waals surface area contributed by atoms with Gasteiger partial charge in [0.25, 0.3) is 0 Å². The van der Waals surface area contributed by atoms with Crippen molar-refractivity contribution in [3.63, 3.8) is 0 Å². The highest BCUT2D eigenvalue weighted by molar-refractivity contribution is 9.10. The molecule has 13 heavy (non-hydrogen) atoms. The van der Waals surface area contributed by atoms with Crippen LogP contribution in [-0.4, -0.2) is 14.2 Å². The van der Waals surface area contributed by atoms with Crippen LogP contribution in [0.1, 0.15) is 6.92 Å². The average molecular weight is 242 g/mol. The van der Waals surface area contributed by atoms with Gasteiger partial charge in [-0.3, -0.25) is 4.40 Å². The number of rotatable bonds is 1. The van der Waals surface area contributed by atoms with Gasteiger partial charge in [-0.15, -0.1) is 5.10 Å². The Morgan fingerprint density at radius 1 is 1.62 bits per heavy atom. The summed E-state index contributed by atoms with van der Waals surface area (Å²) in [7, 11) is 0. The van der Waals surface area contributed by atoms with Crippen molar-refractivity contribution in [2.24, 2.45) is 0 Å². The molecule has 0 aromatic carbocycles. The first-order valence-electron chi connectivity index (χ1n) is 3.97. The standard InChI is InChI=1S/C8H8BrN3O/c1-2-12-8(13)11-4-3-6(9)5-7(11)10-12/h3-5H,2H2,1H3. The molecular weight excluding hydrogens is 234 g/mol. The van der Waals surface area contributed by atoms with Crippen molar-refractivity contribution in [3.8, 4) is 0 Å². The van der Waals surface area contributed by atoms with E-state index in [2.05, 4.69) is 21.0 Å². The van der Waals surface area contributed by atoms with Crippen LogP contribution in [0, 0.1) is 0 Å². The lowest BCUT2D eigenvalue weighted by Crippen LogP contribution is -2.19. The van der Waals surface area contributed by atoms with Crippen molar-refractivity contribution >= 4 is 21.6 Å². The van der Waals surface area contributed by atoms with E-state index in [0.717, 1.165) is 4.47 Å². The van der Waals surface area contributed by atoms with Crippen LogP contribution in [0.25, 0.3) is 5.65 Å². The zero-order chi connectivity index (χ0) is 9.42. The van der Waals surface area contributed by atoms with Gasteiger partial charge in [0.2, 0.25) is 0 Å². The maximum absolute atomic E-state index is 11.5. The topological polar surface area (TPSA) is 39.3 Å². The van der Waals surface area contributed by atoms with Gasteiger partial charge in [0.15, 0.2) is 5.65 Å². The summed E-state index contributed by atoms with van der Waals surface area (Å²) in [5, 5.41) is 4.13. The van der Waals surface area contributed by atoms with E-state index < -0.39 is 0 Å². The Balaban J connectivity index is 2.84. The molecule has 0 aliphatic heterocycles. The maximum atomic E-state index is 11.5. The molecule has 4 nitrogen and oxygen atoms in total. The molecule has 0 bridgehead atoms. The van der Waals surface area contributed by atoms with Crippen LogP contribution in [0.3, 0.4) is 0 Å². The Morgan fingerprint density at radius 2 is 2.38 bits per heavy atom. The molecule has 0 fully saturated rings. The Kier molecular flexibility index (Phi) is 1.95. The van der Waals surface area contributed by atoms with Crippen LogP contribution in [0.15, 0.2) is 27.6 Å². The van der Waals surface area contributed by atoms with Crippen LogP contribution in [0.2, 0.25) is 0 Å². The van der Waals surface area contributed by atoms with Crippen LogP contribution in [0.4, 0.5) is 0 Å². The summed E-state index contributed by atoms with van der Waals surface area (Å²) in [6, 6.07) is 3.63. The fourth-order valence-electron chi connectivity index (χ4n) is 1.20. The monoisotopic (exact) mass is 241 g/mol. The normalized spacial score (nSPS) is 10.9. The third kappa shape index (κ3) is 1.29. The first kappa shape index (κ1) is 8.50. The highest BCUT2D eigenvalue weighted by atomic mass is 79.9. The molecule has 0 N–H and O–H groups in total. The third-order valence-corrected chi connectivity index (χ3v) is 2.34. The first-order chi connectivity index (χ1) is 6.22. The zero-order valence-corrected chi connectivity index (χ0v) is 8.65. The van der Waals surface area contributed by atoms with Gasteiger partial charge in [-0.2, -0.15) is 0 Å². The fraction of sp³-hybridized carbons (Fsp3) is 0.250. The van der Waals surface area contributed by atoms with Crippen molar-refractivity contribution < 1.29 is 0 Å². The van der Waals surface area contributed by atoms with Gasteiger partial charge < -0.3 is 0 Å². The lowest BCUT2D eigenvalue weighted by Gasteiger charge is -1.89. The third-order valence-electron chi connectivity index (χ3n) is 1.85. The summed E-state index contributed by atoms with van der Waals surface area (Å²) < 4.78 is 3.88. The Labute approximate surface area is 82.9 Å². The molecule has 0 saturated carbocycles. The quantitative estimate of drug-likeness (QED) is 0.755. The molecule has 5 heteroatoms. The molecule has 0 aliphatic carbocycles. The minimum atomic E-state index is -0.0926. The first-order valence-corrected chi connectivity index (χ1v) is 4.76. The highest BCUT2D eigenvalue weighted by Gasteiger charge is 2.03. The van der Waals surface area contributed by atoms with E-state index in [0.29, 0.717) is 12.2 Å². The molecule has 0 radical (unpaired) electrons. The van der Waals surface area contributed by atoms with Crippen LogP contribution in [-0.2, 0) is 6.54 Å². The summed E-state index contributed by atoms with van der Waals surface area (Å²) in [6.07, 6.45) is 1.71. The molecule has 2 heterocycles. The second kappa shape index (κ2) is 2.99. The largest absolute Gasteiger partial charge is 0.350 e. The minimum absolute atomic E-state index is 0.0926. The zero-order valence-electron chi connectivity index (χ0n) is 7.07. The van der Waals surface area contributed by atoms with E-state index in [-0.39, 0.29) is 5.69 Å². The van der Waals surface area contributed by atoms with E-state index in [1.165, 1.54) is 9.08 Å². The van der Waals surface area contributed by atoms with E-state index in [1.54, 1.807) is 6.20 Å². The van der Waals surface area contributed by atoms with Gasteiger partial charge in [0.1, 0.15) is 0 Å². The summed E-state index contributed by atoms with van der Waals surface area (Å²) in [6.45, 7) is 2.49. The van der Waals surface area contributed by atoms with Gasteiger partial charge in [0, 0.05) is 17.2 Å². The SMILES string of the molecule is CCn1nc2cc(Br)ccn2c1=O. The van der Waals surface area contributed by atoms with E-state index in [1.807, 2.05) is 19.1 Å². The van der Waals surface area contributed by atoms with E-state index in [4.69, 9.17) is 0 Å². The molecule has 2 aromatic rings. The number of aromatic nitrogens is 3. The molecular formula is C8H8BrN3O. The number of hydrogen-bond acceptors (Lipinski definition) is 2. The van der Waals surface area contributed by atoms with Crippen molar-refractivity contribution in [2.45, 2.75) is 13.5 Å². The number of nitrogens with zero attached hydrogens (tertiary/aromatic N) is 3. The van der Waals surface area contributed by atoms with Crippen LogP contribution in [0.5, 0.6) is 0 Å². The molecule has 2 rings (SSSR count). The molecule has 0 aliphatic rings. The van der Waals surface area contributed by atoms with Crippen LogP contribution < -0.4 is 5.69 Å².